The maximum atomic E-state index is 12.4. The lowest BCUT2D eigenvalue weighted by molar-refractivity contribution is 0.526. The summed E-state index contributed by atoms with van der Waals surface area (Å²) in [6.45, 7) is 2.77. The third kappa shape index (κ3) is 2.18. The van der Waals surface area contributed by atoms with E-state index in [4.69, 9.17) is 0 Å². The van der Waals surface area contributed by atoms with E-state index in [2.05, 4.69) is 37.6 Å². The highest BCUT2D eigenvalue weighted by molar-refractivity contribution is 7.22. The quantitative estimate of drug-likeness (QED) is 0.634. The summed E-state index contributed by atoms with van der Waals surface area (Å²) in [5, 5.41) is 10.3. The molecule has 0 radical (unpaired) electrons. The molecule has 4 rings (SSSR count). The van der Waals surface area contributed by atoms with Crippen LogP contribution in [0.15, 0.2) is 29.2 Å². The number of aryl methyl sites for hydroxylation is 1. The molecule has 22 heavy (non-hydrogen) atoms. The summed E-state index contributed by atoms with van der Waals surface area (Å²) in [5.74, 6) is 0.704. The van der Waals surface area contributed by atoms with Gasteiger partial charge in [-0.25, -0.2) is 4.98 Å². The second kappa shape index (κ2) is 5.19. The molecule has 3 aromatic rings. The number of aromatic nitrogens is 4. The zero-order valence-corrected chi connectivity index (χ0v) is 12.8. The van der Waals surface area contributed by atoms with Crippen molar-refractivity contribution in [3.8, 4) is 10.4 Å². The van der Waals surface area contributed by atoms with Gasteiger partial charge in [0, 0.05) is 22.7 Å². The van der Waals surface area contributed by atoms with E-state index in [0.29, 0.717) is 10.5 Å². The van der Waals surface area contributed by atoms with Crippen molar-refractivity contribution in [1.82, 2.24) is 25.5 Å². The SMILES string of the molecule is Cc1[nH]ncc1-c1cc2nc([C@@H]3CC=CCN3)[nH]c(=O)c2s1. The first-order valence-electron chi connectivity index (χ1n) is 7.15. The smallest absolute Gasteiger partial charge is 0.268 e. The molecule has 3 N–H and O–H groups in total. The molecule has 3 aromatic heterocycles. The Morgan fingerprint density at radius 1 is 1.36 bits per heavy atom. The van der Waals surface area contributed by atoms with E-state index in [1.165, 1.54) is 11.3 Å². The van der Waals surface area contributed by atoms with Gasteiger partial charge in [0.05, 0.1) is 17.8 Å². The Bertz CT molecular complexity index is 920. The van der Waals surface area contributed by atoms with Gasteiger partial charge in [0.25, 0.3) is 5.56 Å². The molecule has 0 amide bonds. The van der Waals surface area contributed by atoms with Crippen molar-refractivity contribution in [2.75, 3.05) is 6.54 Å². The fourth-order valence-corrected chi connectivity index (χ4v) is 3.73. The summed E-state index contributed by atoms with van der Waals surface area (Å²) in [4.78, 5) is 20.9. The topological polar surface area (TPSA) is 86.5 Å². The van der Waals surface area contributed by atoms with Gasteiger partial charge in [-0.05, 0) is 19.4 Å². The number of thiophene rings is 1. The molecule has 0 fully saturated rings. The van der Waals surface area contributed by atoms with Crippen molar-refractivity contribution in [3.05, 3.63) is 46.3 Å². The van der Waals surface area contributed by atoms with Gasteiger partial charge in [0.15, 0.2) is 0 Å². The largest absolute Gasteiger partial charge is 0.308 e. The summed E-state index contributed by atoms with van der Waals surface area (Å²) in [7, 11) is 0. The third-order valence-electron chi connectivity index (χ3n) is 3.85. The number of H-pyrrole nitrogens is 2. The summed E-state index contributed by atoms with van der Waals surface area (Å²) < 4.78 is 0.658. The van der Waals surface area contributed by atoms with Gasteiger partial charge in [0.1, 0.15) is 10.5 Å². The van der Waals surface area contributed by atoms with Crippen LogP contribution in [0.1, 0.15) is 24.0 Å². The summed E-state index contributed by atoms with van der Waals surface area (Å²) in [6.07, 6.45) is 6.81. The van der Waals surface area contributed by atoms with Crippen LogP contribution in [0.5, 0.6) is 0 Å². The Morgan fingerprint density at radius 2 is 2.27 bits per heavy atom. The molecular weight excluding hydrogens is 298 g/mol. The van der Waals surface area contributed by atoms with Gasteiger partial charge >= 0.3 is 0 Å². The van der Waals surface area contributed by atoms with Crippen molar-refractivity contribution in [1.29, 1.82) is 0 Å². The van der Waals surface area contributed by atoms with Crippen LogP contribution in [-0.4, -0.2) is 26.7 Å². The Kier molecular flexibility index (Phi) is 3.16. The molecule has 7 heteroatoms. The van der Waals surface area contributed by atoms with Crippen LogP contribution >= 0.6 is 11.3 Å². The van der Waals surface area contributed by atoms with Gasteiger partial charge in [-0.15, -0.1) is 11.3 Å². The third-order valence-corrected chi connectivity index (χ3v) is 5.00. The predicted molar refractivity (Wildman–Crippen MR) is 87.1 cm³/mol. The number of aromatic amines is 2. The second-order valence-corrected chi connectivity index (χ2v) is 6.41. The minimum absolute atomic E-state index is 0.0705. The first kappa shape index (κ1) is 13.4. The van der Waals surface area contributed by atoms with Crippen LogP contribution in [0.25, 0.3) is 20.7 Å². The molecule has 0 aromatic carbocycles. The Morgan fingerprint density at radius 3 is 3.00 bits per heavy atom. The molecule has 0 unspecified atom stereocenters. The highest BCUT2D eigenvalue weighted by Gasteiger charge is 2.18. The highest BCUT2D eigenvalue weighted by Crippen LogP contribution is 2.32. The van der Waals surface area contributed by atoms with Crippen molar-refractivity contribution < 1.29 is 0 Å². The van der Waals surface area contributed by atoms with Crippen LogP contribution in [-0.2, 0) is 0 Å². The molecule has 6 nitrogen and oxygen atoms in total. The zero-order chi connectivity index (χ0) is 15.1. The van der Waals surface area contributed by atoms with E-state index in [0.717, 1.165) is 34.6 Å². The van der Waals surface area contributed by atoms with Crippen LogP contribution in [0, 0.1) is 6.92 Å². The Hall–Kier alpha value is -2.25. The molecule has 0 spiro atoms. The number of hydrogen-bond acceptors (Lipinski definition) is 5. The Balaban J connectivity index is 1.83. The highest BCUT2D eigenvalue weighted by atomic mass is 32.1. The summed E-state index contributed by atoms with van der Waals surface area (Å²) in [5.41, 5.74) is 2.68. The van der Waals surface area contributed by atoms with Crippen LogP contribution in [0.4, 0.5) is 0 Å². The Labute approximate surface area is 130 Å². The number of nitrogens with one attached hydrogen (secondary N) is 3. The maximum Gasteiger partial charge on any atom is 0.268 e. The van der Waals surface area contributed by atoms with E-state index in [1.54, 1.807) is 6.20 Å². The monoisotopic (exact) mass is 313 g/mol. The zero-order valence-electron chi connectivity index (χ0n) is 12.0. The van der Waals surface area contributed by atoms with Crippen molar-refractivity contribution in [3.63, 3.8) is 0 Å². The average Bonchev–Trinajstić information content (AvgIpc) is 3.14. The normalized spacial score (nSPS) is 18.1. The maximum absolute atomic E-state index is 12.4. The summed E-state index contributed by atoms with van der Waals surface area (Å²) in [6, 6.07) is 2.04. The van der Waals surface area contributed by atoms with E-state index in [-0.39, 0.29) is 11.6 Å². The van der Waals surface area contributed by atoms with Gasteiger partial charge < -0.3 is 10.3 Å². The molecule has 0 aliphatic carbocycles. The molecule has 4 heterocycles. The van der Waals surface area contributed by atoms with Crippen LogP contribution in [0.3, 0.4) is 0 Å². The number of fused-ring (bicyclic) bond motifs is 1. The lowest BCUT2D eigenvalue weighted by Gasteiger charge is -2.18. The molecule has 1 aliphatic heterocycles. The first-order valence-corrected chi connectivity index (χ1v) is 7.96. The van der Waals surface area contributed by atoms with Crippen molar-refractivity contribution in [2.24, 2.45) is 0 Å². The number of rotatable bonds is 2. The predicted octanol–water partition coefficient (Wildman–Crippen LogP) is 2.27. The van der Waals surface area contributed by atoms with Crippen LogP contribution in [0.2, 0.25) is 0 Å². The summed E-state index contributed by atoms with van der Waals surface area (Å²) >= 11 is 1.45. The first-order chi connectivity index (χ1) is 10.7. The molecular formula is C15H15N5OS. The fraction of sp³-hybridized carbons (Fsp3) is 0.267. The van der Waals surface area contributed by atoms with Crippen LogP contribution < -0.4 is 10.9 Å². The van der Waals surface area contributed by atoms with Gasteiger partial charge in [-0.2, -0.15) is 5.10 Å². The minimum Gasteiger partial charge on any atom is -0.308 e. The second-order valence-electron chi connectivity index (χ2n) is 5.35. The van der Waals surface area contributed by atoms with E-state index < -0.39 is 0 Å². The molecule has 1 atom stereocenters. The average molecular weight is 313 g/mol. The van der Waals surface area contributed by atoms with Crippen molar-refractivity contribution in [2.45, 2.75) is 19.4 Å². The molecule has 1 aliphatic rings. The van der Waals surface area contributed by atoms with E-state index >= 15 is 0 Å². The molecule has 0 saturated carbocycles. The number of nitrogens with zero attached hydrogens (tertiary/aromatic N) is 2. The standard InChI is InChI=1S/C15H15N5OS/c1-8-9(7-17-20-8)12-6-11-13(22-12)15(21)19-14(18-11)10-4-2-3-5-16-10/h2-3,6-7,10,16H,4-5H2,1H3,(H,17,20)(H,18,19,21)/t10-/m0/s1. The van der Waals surface area contributed by atoms with Gasteiger partial charge in [0.2, 0.25) is 0 Å². The lowest BCUT2D eigenvalue weighted by Crippen LogP contribution is -2.27. The van der Waals surface area contributed by atoms with Gasteiger partial charge in [-0.1, -0.05) is 12.2 Å². The molecule has 0 bridgehead atoms. The fourth-order valence-electron chi connectivity index (χ4n) is 2.67. The van der Waals surface area contributed by atoms with E-state index in [1.807, 2.05) is 13.0 Å². The lowest BCUT2D eigenvalue weighted by atomic mass is 10.1. The minimum atomic E-state index is -0.0752. The molecule has 112 valence electrons. The van der Waals surface area contributed by atoms with Gasteiger partial charge in [-0.3, -0.25) is 9.89 Å². The van der Waals surface area contributed by atoms with Crippen molar-refractivity contribution >= 4 is 21.6 Å². The van der Waals surface area contributed by atoms with E-state index in [9.17, 15) is 4.79 Å². The number of hydrogen-bond donors (Lipinski definition) is 3. The molecule has 0 saturated heterocycles.